The van der Waals surface area contributed by atoms with E-state index in [4.69, 9.17) is 9.47 Å². The number of amides is 3. The molecule has 3 aromatic carbocycles. The number of benzene rings is 3. The molecule has 2 atom stereocenters. The van der Waals surface area contributed by atoms with Gasteiger partial charge in [0.05, 0.1) is 5.56 Å². The Labute approximate surface area is 295 Å². The minimum Gasteiger partial charge on any atom is -0.459 e. The number of hydrogen-bond acceptors (Lipinski definition) is 6. The maximum Gasteiger partial charge on any atom is 0.416 e. The van der Waals surface area contributed by atoms with E-state index >= 15 is 0 Å². The van der Waals surface area contributed by atoms with Gasteiger partial charge in [0.15, 0.2) is 0 Å². The summed E-state index contributed by atoms with van der Waals surface area (Å²) in [6.07, 6.45) is -1.84. The predicted octanol–water partition coefficient (Wildman–Crippen LogP) is 6.45. The minimum absolute atomic E-state index is 0.00875. The Morgan fingerprint density at radius 3 is 2.04 bits per heavy atom. The molecule has 51 heavy (non-hydrogen) atoms. The van der Waals surface area contributed by atoms with Crippen LogP contribution in [0.1, 0.15) is 55.4 Å². The quantitative estimate of drug-likeness (QED) is 0.188. The van der Waals surface area contributed by atoms with Crippen LogP contribution in [0.5, 0.6) is 0 Å². The summed E-state index contributed by atoms with van der Waals surface area (Å²) in [4.78, 5) is 58.1. The summed E-state index contributed by atoms with van der Waals surface area (Å²) in [6, 6.07) is 17.9. The molecule has 3 aromatic rings. The van der Waals surface area contributed by atoms with E-state index in [-0.39, 0.29) is 31.9 Å². The number of carbonyl (C=O) groups excluding carboxylic acids is 4. The highest BCUT2D eigenvalue weighted by Gasteiger charge is 2.40. The lowest BCUT2D eigenvalue weighted by Crippen LogP contribution is -2.57. The number of hydrogen-bond donors (Lipinski definition) is 0. The number of carbonyl (C=O) groups is 4. The molecule has 0 spiro atoms. The first-order valence-corrected chi connectivity index (χ1v) is 16.7. The Hall–Kier alpha value is -5.13. The average molecular weight is 706 g/mol. The van der Waals surface area contributed by atoms with E-state index in [1.807, 2.05) is 48.5 Å². The highest BCUT2D eigenvalue weighted by atomic mass is 19.4. The standard InChI is InChI=1S/C39H42F3N3O6/c1-38(2,3)51-34(46)23-43(4)35(47)33(22-25-17-19-26(20-18-25)39(40,41)42)45-21-11-10-16-32(36(45)48)44(5)37(49)50-24-31-29-14-8-6-12-27(29)28-13-7-9-15-30(28)31/h6-15,17-20,31-33H,16,21-24H2,1-5H3/t32-,33-/m0/s1. The molecule has 0 aromatic heterocycles. The lowest BCUT2D eigenvalue weighted by Gasteiger charge is -2.36. The van der Waals surface area contributed by atoms with Gasteiger partial charge in [0.1, 0.15) is 30.8 Å². The van der Waals surface area contributed by atoms with Gasteiger partial charge in [0, 0.05) is 33.0 Å². The summed E-state index contributed by atoms with van der Waals surface area (Å²) in [5.41, 5.74) is 2.93. The zero-order chi connectivity index (χ0) is 37.1. The first kappa shape index (κ1) is 37.1. The fourth-order valence-electron chi connectivity index (χ4n) is 6.51. The maximum absolute atomic E-state index is 14.3. The molecule has 0 radical (unpaired) electrons. The zero-order valence-electron chi connectivity index (χ0n) is 29.3. The third kappa shape index (κ3) is 8.61. The molecule has 1 heterocycles. The molecule has 0 bridgehead atoms. The van der Waals surface area contributed by atoms with Gasteiger partial charge in [-0.3, -0.25) is 19.3 Å². The monoisotopic (exact) mass is 705 g/mol. The van der Waals surface area contributed by atoms with Gasteiger partial charge in [-0.05, 0) is 67.1 Å². The Balaban J connectivity index is 1.36. The van der Waals surface area contributed by atoms with Crippen LogP contribution in [0.25, 0.3) is 11.1 Å². The normalized spacial score (nSPS) is 16.5. The van der Waals surface area contributed by atoms with Gasteiger partial charge >= 0.3 is 18.2 Å². The summed E-state index contributed by atoms with van der Waals surface area (Å²) >= 11 is 0. The summed E-state index contributed by atoms with van der Waals surface area (Å²) in [6.45, 7) is 4.69. The van der Waals surface area contributed by atoms with Crippen LogP contribution in [0.15, 0.2) is 84.9 Å². The van der Waals surface area contributed by atoms with Gasteiger partial charge in [-0.2, -0.15) is 13.2 Å². The summed E-state index contributed by atoms with van der Waals surface area (Å²) in [7, 11) is 2.85. The first-order valence-electron chi connectivity index (χ1n) is 16.7. The van der Waals surface area contributed by atoms with Crippen LogP contribution in [-0.2, 0) is 36.5 Å². The van der Waals surface area contributed by atoms with Crippen molar-refractivity contribution in [3.8, 4) is 11.1 Å². The molecule has 0 saturated heterocycles. The number of fused-ring (bicyclic) bond motifs is 3. The van der Waals surface area contributed by atoms with Crippen LogP contribution in [0.3, 0.4) is 0 Å². The summed E-state index contributed by atoms with van der Waals surface area (Å²) in [5.74, 6) is -2.03. The average Bonchev–Trinajstić information content (AvgIpc) is 3.26. The van der Waals surface area contributed by atoms with Crippen molar-refractivity contribution in [3.05, 3.63) is 107 Å². The van der Waals surface area contributed by atoms with Crippen LogP contribution in [-0.4, -0.2) is 90.1 Å². The van der Waals surface area contributed by atoms with E-state index in [1.54, 1.807) is 32.9 Å². The van der Waals surface area contributed by atoms with Crippen LogP contribution in [0, 0.1) is 0 Å². The first-order chi connectivity index (χ1) is 24.0. The zero-order valence-corrected chi connectivity index (χ0v) is 29.3. The highest BCUT2D eigenvalue weighted by Crippen LogP contribution is 2.44. The minimum atomic E-state index is -4.55. The van der Waals surface area contributed by atoms with Crippen molar-refractivity contribution < 1.29 is 41.8 Å². The summed E-state index contributed by atoms with van der Waals surface area (Å²) in [5, 5.41) is 0. The van der Waals surface area contributed by atoms with Crippen molar-refractivity contribution in [2.45, 2.75) is 63.4 Å². The fraction of sp³-hybridized carbons (Fsp3) is 0.385. The van der Waals surface area contributed by atoms with E-state index in [9.17, 15) is 32.3 Å². The highest BCUT2D eigenvalue weighted by molar-refractivity contribution is 5.93. The van der Waals surface area contributed by atoms with Crippen molar-refractivity contribution in [3.63, 3.8) is 0 Å². The SMILES string of the molecule is CN(CC(=O)OC(C)(C)C)C(=O)[C@H](Cc1ccc(C(F)(F)F)cc1)N1CC=CC[C@H](N(C)C(=O)OCC2c3ccccc3-c3ccccc32)C1=O. The van der Waals surface area contributed by atoms with Crippen molar-refractivity contribution in [2.75, 3.05) is 33.8 Å². The van der Waals surface area contributed by atoms with Gasteiger partial charge in [-0.25, -0.2) is 4.79 Å². The van der Waals surface area contributed by atoms with E-state index in [0.717, 1.165) is 39.3 Å². The van der Waals surface area contributed by atoms with Crippen LogP contribution in [0.2, 0.25) is 0 Å². The van der Waals surface area contributed by atoms with Crippen molar-refractivity contribution in [1.29, 1.82) is 0 Å². The number of ether oxygens (including phenoxy) is 2. The lowest BCUT2D eigenvalue weighted by atomic mass is 9.98. The molecular formula is C39H42F3N3O6. The van der Waals surface area contributed by atoms with Gasteiger partial charge in [-0.15, -0.1) is 0 Å². The Morgan fingerprint density at radius 1 is 0.882 bits per heavy atom. The Kier molecular flexibility index (Phi) is 10.9. The smallest absolute Gasteiger partial charge is 0.416 e. The molecule has 0 N–H and O–H groups in total. The molecule has 0 unspecified atom stereocenters. The second-order valence-electron chi connectivity index (χ2n) is 13.8. The van der Waals surface area contributed by atoms with Gasteiger partial charge in [0.2, 0.25) is 11.8 Å². The molecule has 0 fully saturated rings. The Bertz CT molecular complexity index is 1760. The number of esters is 1. The van der Waals surface area contributed by atoms with Crippen molar-refractivity contribution >= 4 is 23.9 Å². The molecule has 1 aliphatic carbocycles. The summed E-state index contributed by atoms with van der Waals surface area (Å²) < 4.78 is 51.1. The third-order valence-corrected chi connectivity index (χ3v) is 9.02. The number of nitrogens with zero attached hydrogens (tertiary/aromatic N) is 3. The van der Waals surface area contributed by atoms with Crippen LogP contribution >= 0.6 is 0 Å². The van der Waals surface area contributed by atoms with E-state index in [0.29, 0.717) is 5.56 Å². The van der Waals surface area contributed by atoms with E-state index in [2.05, 4.69) is 0 Å². The number of likely N-dealkylation sites (N-methyl/N-ethyl adjacent to an activating group) is 2. The van der Waals surface area contributed by atoms with E-state index in [1.165, 1.54) is 36.0 Å². The molecule has 0 saturated carbocycles. The van der Waals surface area contributed by atoms with Crippen LogP contribution < -0.4 is 0 Å². The van der Waals surface area contributed by atoms with Gasteiger partial charge < -0.3 is 19.3 Å². The molecule has 3 amide bonds. The second-order valence-corrected chi connectivity index (χ2v) is 13.8. The number of halogens is 3. The maximum atomic E-state index is 14.3. The molecule has 9 nitrogen and oxygen atoms in total. The third-order valence-electron chi connectivity index (χ3n) is 9.02. The molecule has 270 valence electrons. The Morgan fingerprint density at radius 2 is 1.47 bits per heavy atom. The fourth-order valence-corrected chi connectivity index (χ4v) is 6.51. The number of rotatable bonds is 9. The molecule has 1 aliphatic heterocycles. The predicted molar refractivity (Wildman–Crippen MR) is 185 cm³/mol. The van der Waals surface area contributed by atoms with Gasteiger partial charge in [-0.1, -0.05) is 72.8 Å². The van der Waals surface area contributed by atoms with Crippen molar-refractivity contribution in [1.82, 2.24) is 14.7 Å². The van der Waals surface area contributed by atoms with E-state index < -0.39 is 59.8 Å². The van der Waals surface area contributed by atoms with Crippen molar-refractivity contribution in [2.24, 2.45) is 0 Å². The topological polar surface area (TPSA) is 96.5 Å². The number of alkyl halides is 3. The van der Waals surface area contributed by atoms with Crippen LogP contribution in [0.4, 0.5) is 18.0 Å². The lowest BCUT2D eigenvalue weighted by molar-refractivity contribution is -0.159. The second kappa shape index (κ2) is 15.0. The van der Waals surface area contributed by atoms with Gasteiger partial charge in [0.25, 0.3) is 0 Å². The molecule has 5 rings (SSSR count). The molecule has 2 aliphatic rings. The molecular weight excluding hydrogens is 663 g/mol. The largest absolute Gasteiger partial charge is 0.459 e. The molecule has 12 heteroatoms.